The van der Waals surface area contributed by atoms with Crippen molar-refractivity contribution in [3.8, 4) is 0 Å². The number of hydrogen-bond acceptors (Lipinski definition) is 4. The molecular weight excluding hydrogens is 318 g/mol. The zero-order valence-corrected chi connectivity index (χ0v) is 14.6. The largest absolute Gasteiger partial charge is 0.379 e. The molecule has 1 unspecified atom stereocenters. The number of nitrogens with one attached hydrogen (secondary N) is 1. The van der Waals surface area contributed by atoms with E-state index in [0.717, 1.165) is 49.0 Å². The van der Waals surface area contributed by atoms with Gasteiger partial charge in [0.15, 0.2) is 0 Å². The van der Waals surface area contributed by atoms with Gasteiger partial charge in [-0.15, -0.1) is 0 Å². The Morgan fingerprint density at radius 3 is 2.79 bits per heavy atom. The Kier molecular flexibility index (Phi) is 4.74. The summed E-state index contributed by atoms with van der Waals surface area (Å²) >= 11 is 5.76. The number of rotatable bonds is 5. The molecule has 2 aromatic rings. The van der Waals surface area contributed by atoms with Crippen molar-refractivity contribution in [2.24, 2.45) is 0 Å². The van der Waals surface area contributed by atoms with Gasteiger partial charge in [-0.2, -0.15) is 0 Å². The summed E-state index contributed by atoms with van der Waals surface area (Å²) in [7, 11) is 0. The van der Waals surface area contributed by atoms with Crippen molar-refractivity contribution in [3.05, 3.63) is 42.1 Å². The molecule has 1 atom stereocenters. The highest BCUT2D eigenvalue weighted by Gasteiger charge is 2.28. The van der Waals surface area contributed by atoms with Crippen LogP contribution in [0.2, 0.25) is 0 Å². The molecule has 0 amide bonds. The molecule has 1 N–H and O–H groups in total. The molecule has 1 saturated heterocycles. The molecule has 0 bridgehead atoms. The molecule has 2 aliphatic rings. The van der Waals surface area contributed by atoms with Crippen LogP contribution in [0.15, 0.2) is 36.4 Å². The fraction of sp³-hybridized carbons (Fsp3) is 0.474. The average Bonchev–Trinajstić information content (AvgIpc) is 3.44. The first-order valence-electron chi connectivity index (χ1n) is 8.76. The second-order valence-electron chi connectivity index (χ2n) is 6.68. The van der Waals surface area contributed by atoms with Crippen LogP contribution in [-0.2, 0) is 4.74 Å². The number of pyridine rings is 1. The topological polar surface area (TPSA) is 37.4 Å². The van der Waals surface area contributed by atoms with E-state index in [1.54, 1.807) is 0 Å². The molecule has 1 saturated carbocycles. The molecule has 4 nitrogen and oxygen atoms in total. The number of nitrogens with zero attached hydrogens (tertiary/aromatic N) is 2. The lowest BCUT2D eigenvalue weighted by Crippen LogP contribution is -2.42. The third-order valence-electron chi connectivity index (χ3n) is 4.76. The van der Waals surface area contributed by atoms with Crippen LogP contribution in [0.3, 0.4) is 0 Å². The summed E-state index contributed by atoms with van der Waals surface area (Å²) < 4.78 is 5.47. The Hall–Kier alpha value is -1.56. The average molecular weight is 341 g/mol. The standard InChI is InChI=1S/C19H23N3OS/c24-19(20-15-6-7-15)16(13-22-9-11-23-12-10-22)18-8-5-14-3-1-2-4-17(14)21-18/h1-5,8,15-16H,6-7,9-13H2,(H,20,24). The van der Waals surface area contributed by atoms with Crippen LogP contribution in [0.5, 0.6) is 0 Å². The Balaban J connectivity index is 1.59. The number of fused-ring (bicyclic) bond motifs is 1. The summed E-state index contributed by atoms with van der Waals surface area (Å²) in [5.74, 6) is 0.142. The van der Waals surface area contributed by atoms with Gasteiger partial charge in [0.25, 0.3) is 0 Å². The van der Waals surface area contributed by atoms with Gasteiger partial charge in [0.1, 0.15) is 0 Å². The van der Waals surface area contributed by atoms with Crippen molar-refractivity contribution < 1.29 is 4.74 Å². The maximum absolute atomic E-state index is 5.76. The van der Waals surface area contributed by atoms with Crippen LogP contribution < -0.4 is 5.32 Å². The molecule has 2 heterocycles. The minimum absolute atomic E-state index is 0.142. The quantitative estimate of drug-likeness (QED) is 0.847. The summed E-state index contributed by atoms with van der Waals surface area (Å²) in [4.78, 5) is 8.28. The van der Waals surface area contributed by atoms with Crippen molar-refractivity contribution in [1.29, 1.82) is 0 Å². The van der Waals surface area contributed by atoms with Crippen LogP contribution in [0, 0.1) is 0 Å². The maximum atomic E-state index is 5.76. The molecule has 126 valence electrons. The Bertz CT molecular complexity index is 725. The number of aromatic nitrogens is 1. The van der Waals surface area contributed by atoms with Gasteiger partial charge in [0.2, 0.25) is 0 Å². The van der Waals surface area contributed by atoms with E-state index in [2.05, 4.69) is 34.5 Å². The van der Waals surface area contributed by atoms with Crippen LogP contribution in [-0.4, -0.2) is 53.8 Å². The molecule has 1 aromatic carbocycles. The Morgan fingerprint density at radius 1 is 1.21 bits per heavy atom. The molecule has 0 spiro atoms. The van der Waals surface area contributed by atoms with Gasteiger partial charge in [-0.05, 0) is 25.0 Å². The molecule has 5 heteroatoms. The number of benzene rings is 1. The van der Waals surface area contributed by atoms with Crippen molar-refractivity contribution in [1.82, 2.24) is 15.2 Å². The minimum atomic E-state index is 0.142. The van der Waals surface area contributed by atoms with E-state index in [0.29, 0.717) is 6.04 Å². The van der Waals surface area contributed by atoms with Crippen molar-refractivity contribution in [3.63, 3.8) is 0 Å². The number of morpholine rings is 1. The second kappa shape index (κ2) is 7.13. The SMILES string of the molecule is S=C(NC1CC1)C(CN1CCOCC1)c1ccc2ccccc2n1. The van der Waals surface area contributed by atoms with E-state index >= 15 is 0 Å². The van der Waals surface area contributed by atoms with Gasteiger partial charge in [-0.3, -0.25) is 9.88 Å². The number of para-hydroxylation sites is 1. The van der Waals surface area contributed by atoms with Gasteiger partial charge in [-0.1, -0.05) is 36.5 Å². The van der Waals surface area contributed by atoms with E-state index < -0.39 is 0 Å². The summed E-state index contributed by atoms with van der Waals surface area (Å²) in [5.41, 5.74) is 2.11. The summed E-state index contributed by atoms with van der Waals surface area (Å²) in [6.45, 7) is 4.46. The molecular formula is C19H23N3OS. The summed E-state index contributed by atoms with van der Waals surface area (Å²) in [5, 5.41) is 4.70. The third kappa shape index (κ3) is 3.74. The normalized spacial score (nSPS) is 20.0. The van der Waals surface area contributed by atoms with Crippen LogP contribution in [0.4, 0.5) is 0 Å². The van der Waals surface area contributed by atoms with E-state index in [-0.39, 0.29) is 5.92 Å². The number of thiocarbonyl (C=S) groups is 1. The first-order valence-corrected chi connectivity index (χ1v) is 9.16. The van der Waals surface area contributed by atoms with Gasteiger partial charge < -0.3 is 10.1 Å². The zero-order chi connectivity index (χ0) is 16.4. The van der Waals surface area contributed by atoms with Gasteiger partial charge in [0.05, 0.1) is 35.3 Å². The smallest absolute Gasteiger partial charge is 0.0860 e. The molecule has 0 radical (unpaired) electrons. The van der Waals surface area contributed by atoms with Gasteiger partial charge >= 0.3 is 0 Å². The fourth-order valence-corrected chi connectivity index (χ4v) is 3.52. The predicted molar refractivity (Wildman–Crippen MR) is 100 cm³/mol. The Labute approximate surface area is 148 Å². The number of ether oxygens (including phenoxy) is 1. The van der Waals surface area contributed by atoms with E-state index in [9.17, 15) is 0 Å². The molecule has 1 aromatic heterocycles. The van der Waals surface area contributed by atoms with Gasteiger partial charge in [0, 0.05) is 31.1 Å². The third-order valence-corrected chi connectivity index (χ3v) is 5.16. The Morgan fingerprint density at radius 2 is 2.00 bits per heavy atom. The lowest BCUT2D eigenvalue weighted by Gasteiger charge is -2.31. The monoisotopic (exact) mass is 341 g/mol. The molecule has 1 aliphatic carbocycles. The van der Waals surface area contributed by atoms with E-state index in [4.69, 9.17) is 21.9 Å². The fourth-order valence-electron chi connectivity index (χ4n) is 3.16. The molecule has 1 aliphatic heterocycles. The van der Waals surface area contributed by atoms with Crippen molar-refractivity contribution in [2.75, 3.05) is 32.8 Å². The van der Waals surface area contributed by atoms with Crippen molar-refractivity contribution >= 4 is 28.1 Å². The highest BCUT2D eigenvalue weighted by molar-refractivity contribution is 7.80. The zero-order valence-electron chi connectivity index (χ0n) is 13.8. The first-order chi connectivity index (χ1) is 11.8. The molecule has 4 rings (SSSR count). The summed E-state index contributed by atoms with van der Waals surface area (Å²) in [6, 6.07) is 13.1. The molecule has 2 fully saturated rings. The number of hydrogen-bond donors (Lipinski definition) is 1. The minimum Gasteiger partial charge on any atom is -0.379 e. The van der Waals surface area contributed by atoms with Crippen LogP contribution in [0.1, 0.15) is 24.5 Å². The van der Waals surface area contributed by atoms with E-state index in [1.807, 2.05) is 12.1 Å². The van der Waals surface area contributed by atoms with Crippen LogP contribution in [0.25, 0.3) is 10.9 Å². The highest BCUT2D eigenvalue weighted by Crippen LogP contribution is 2.24. The van der Waals surface area contributed by atoms with Crippen LogP contribution >= 0.6 is 12.2 Å². The van der Waals surface area contributed by atoms with Gasteiger partial charge in [-0.25, -0.2) is 0 Å². The maximum Gasteiger partial charge on any atom is 0.0860 e. The molecule has 24 heavy (non-hydrogen) atoms. The first kappa shape index (κ1) is 15.9. The lowest BCUT2D eigenvalue weighted by atomic mass is 10.0. The predicted octanol–water partition coefficient (Wildman–Crippen LogP) is 2.73. The second-order valence-corrected chi connectivity index (χ2v) is 7.12. The van der Waals surface area contributed by atoms with Crippen molar-refractivity contribution in [2.45, 2.75) is 24.8 Å². The highest BCUT2D eigenvalue weighted by atomic mass is 32.1. The van der Waals surface area contributed by atoms with E-state index in [1.165, 1.54) is 18.2 Å². The summed E-state index contributed by atoms with van der Waals surface area (Å²) in [6.07, 6.45) is 2.46. The lowest BCUT2D eigenvalue weighted by molar-refractivity contribution is 0.0372.